The van der Waals surface area contributed by atoms with E-state index in [0.717, 1.165) is 26.5 Å². The van der Waals surface area contributed by atoms with E-state index in [1.54, 1.807) is 19.1 Å². The molecule has 1 aliphatic rings. The van der Waals surface area contributed by atoms with E-state index >= 15 is 0 Å². The number of hydrogen-bond acceptors (Lipinski definition) is 3. The van der Waals surface area contributed by atoms with Crippen molar-refractivity contribution in [2.45, 2.75) is 13.8 Å². The van der Waals surface area contributed by atoms with Gasteiger partial charge in [0.05, 0.1) is 12.2 Å². The van der Waals surface area contributed by atoms with Crippen molar-refractivity contribution in [2.75, 3.05) is 11.4 Å². The van der Waals surface area contributed by atoms with Gasteiger partial charge in [0.2, 0.25) is 0 Å². The summed E-state index contributed by atoms with van der Waals surface area (Å²) in [5.41, 5.74) is 2.97. The molecule has 0 bridgehead atoms. The summed E-state index contributed by atoms with van der Waals surface area (Å²) in [4.78, 5) is 38.8. The van der Waals surface area contributed by atoms with Crippen molar-refractivity contribution >= 4 is 23.5 Å². The van der Waals surface area contributed by atoms with Gasteiger partial charge in [-0.15, -0.1) is 0 Å². The van der Waals surface area contributed by atoms with Crippen molar-refractivity contribution in [2.24, 2.45) is 0 Å². The smallest absolute Gasteiger partial charge is 0.263 e. The molecule has 0 spiro atoms. The summed E-state index contributed by atoms with van der Waals surface area (Å²) in [6.07, 6.45) is 0. The monoisotopic (exact) mass is 332 g/mol. The molecule has 0 aromatic heterocycles. The average Bonchev–Trinajstić information content (AvgIpc) is 2.80. The maximum Gasteiger partial charge on any atom is 0.339 e. The molecule has 124 valence electrons. The zero-order chi connectivity index (χ0) is 18.0. The first-order valence-corrected chi connectivity index (χ1v) is 7.80. The second-order valence-corrected chi connectivity index (χ2v) is 5.77. The molecule has 1 aliphatic heterocycles. The predicted molar refractivity (Wildman–Crippen MR) is 93.8 cm³/mol. The van der Waals surface area contributed by atoms with Crippen LogP contribution in [0.1, 0.15) is 16.7 Å². The van der Waals surface area contributed by atoms with E-state index in [4.69, 9.17) is 0 Å². The lowest BCUT2D eigenvalue weighted by Gasteiger charge is -2.16. The van der Waals surface area contributed by atoms with Crippen molar-refractivity contribution in [3.63, 3.8) is 0 Å². The van der Waals surface area contributed by atoms with Crippen LogP contribution in [0.4, 0.5) is 10.5 Å². The molecule has 4 amide bonds. The third-order valence-corrected chi connectivity index (χ3v) is 3.89. The Morgan fingerprint density at radius 3 is 2.32 bits per heavy atom. The highest BCUT2D eigenvalue weighted by molar-refractivity contribution is 6.52. The van der Waals surface area contributed by atoms with Gasteiger partial charge in [-0.05, 0) is 37.6 Å². The number of carbonyl (C=O) groups excluding carboxylic acids is 3. The molecule has 0 aliphatic carbocycles. The Morgan fingerprint density at radius 2 is 1.64 bits per heavy atom. The van der Waals surface area contributed by atoms with Crippen LogP contribution in [0.5, 0.6) is 0 Å². The van der Waals surface area contributed by atoms with E-state index in [-0.39, 0.29) is 6.54 Å². The Labute approximate surface area is 145 Å². The molecule has 5 nitrogen and oxygen atoms in total. The third-order valence-electron chi connectivity index (χ3n) is 3.89. The van der Waals surface area contributed by atoms with Crippen molar-refractivity contribution < 1.29 is 14.4 Å². The topological polar surface area (TPSA) is 57.7 Å². The minimum absolute atomic E-state index is 0.125. The minimum Gasteiger partial charge on any atom is -0.263 e. The van der Waals surface area contributed by atoms with Gasteiger partial charge in [-0.1, -0.05) is 47.7 Å². The van der Waals surface area contributed by atoms with E-state index < -0.39 is 17.8 Å². The SMILES string of the molecule is Cc1ccc(N2C(=O)C(=O)N(CC#Cc3ccccc3)C2=O)c(C)c1. The molecule has 1 saturated heterocycles. The summed E-state index contributed by atoms with van der Waals surface area (Å²) in [5.74, 6) is 3.95. The van der Waals surface area contributed by atoms with Crippen LogP contribution in [0.15, 0.2) is 48.5 Å². The lowest BCUT2D eigenvalue weighted by molar-refractivity contribution is -0.139. The quantitative estimate of drug-likeness (QED) is 0.483. The summed E-state index contributed by atoms with van der Waals surface area (Å²) < 4.78 is 0. The number of hydrogen-bond donors (Lipinski definition) is 0. The third kappa shape index (κ3) is 3.15. The lowest BCUT2D eigenvalue weighted by atomic mass is 10.1. The zero-order valence-electron chi connectivity index (χ0n) is 13.9. The molecule has 0 atom stereocenters. The van der Waals surface area contributed by atoms with Crippen LogP contribution >= 0.6 is 0 Å². The normalized spacial score (nSPS) is 13.9. The number of benzene rings is 2. The van der Waals surface area contributed by atoms with Crippen LogP contribution in [-0.2, 0) is 9.59 Å². The number of nitrogens with zero attached hydrogens (tertiary/aromatic N) is 2. The highest BCUT2D eigenvalue weighted by Gasteiger charge is 2.45. The highest BCUT2D eigenvalue weighted by Crippen LogP contribution is 2.26. The van der Waals surface area contributed by atoms with Crippen LogP contribution in [0.25, 0.3) is 0 Å². The second-order valence-electron chi connectivity index (χ2n) is 5.77. The first-order valence-electron chi connectivity index (χ1n) is 7.80. The predicted octanol–water partition coefficient (Wildman–Crippen LogP) is 2.65. The molecule has 25 heavy (non-hydrogen) atoms. The summed E-state index contributed by atoms with van der Waals surface area (Å²) >= 11 is 0. The van der Waals surface area contributed by atoms with E-state index in [1.807, 2.05) is 43.3 Å². The molecule has 2 aromatic rings. The molecule has 1 heterocycles. The van der Waals surface area contributed by atoms with E-state index in [9.17, 15) is 14.4 Å². The Balaban J connectivity index is 1.84. The van der Waals surface area contributed by atoms with Crippen LogP contribution in [0.2, 0.25) is 0 Å². The van der Waals surface area contributed by atoms with E-state index in [2.05, 4.69) is 11.8 Å². The molecule has 0 unspecified atom stereocenters. The largest absolute Gasteiger partial charge is 0.339 e. The van der Waals surface area contributed by atoms with Crippen molar-refractivity contribution in [1.82, 2.24) is 4.90 Å². The summed E-state index contributed by atoms with van der Waals surface area (Å²) in [6, 6.07) is 13.9. The lowest BCUT2D eigenvalue weighted by Crippen LogP contribution is -2.34. The number of carbonyl (C=O) groups is 3. The van der Waals surface area contributed by atoms with Gasteiger partial charge in [-0.3, -0.25) is 9.59 Å². The van der Waals surface area contributed by atoms with E-state index in [1.165, 1.54) is 0 Å². The Bertz CT molecular complexity index is 923. The molecule has 0 radical (unpaired) electrons. The van der Waals surface area contributed by atoms with Crippen LogP contribution in [0, 0.1) is 25.7 Å². The fourth-order valence-corrected chi connectivity index (χ4v) is 2.66. The summed E-state index contributed by atoms with van der Waals surface area (Å²) in [6.45, 7) is 3.59. The highest BCUT2D eigenvalue weighted by atomic mass is 16.2. The standard InChI is InChI=1S/C20H16N2O3/c1-14-10-11-17(15(2)13-14)22-19(24)18(23)21(20(22)25)12-6-9-16-7-4-3-5-8-16/h3-5,7-8,10-11,13H,12H2,1-2H3. The Hall–Kier alpha value is -3.39. The molecule has 0 saturated carbocycles. The van der Waals surface area contributed by atoms with Gasteiger partial charge >= 0.3 is 17.8 Å². The summed E-state index contributed by atoms with van der Waals surface area (Å²) in [5, 5.41) is 0. The fourth-order valence-electron chi connectivity index (χ4n) is 2.66. The van der Waals surface area contributed by atoms with Crippen molar-refractivity contribution in [3.05, 3.63) is 65.2 Å². The first-order chi connectivity index (χ1) is 12.0. The maximum absolute atomic E-state index is 12.5. The number of amides is 4. The Kier molecular flexibility index (Phi) is 4.36. The summed E-state index contributed by atoms with van der Waals surface area (Å²) in [7, 11) is 0. The zero-order valence-corrected chi connectivity index (χ0v) is 13.9. The number of urea groups is 1. The molecule has 0 N–H and O–H groups in total. The number of imide groups is 2. The number of aryl methyl sites for hydroxylation is 2. The van der Waals surface area contributed by atoms with Crippen molar-refractivity contribution in [1.29, 1.82) is 0 Å². The number of rotatable bonds is 2. The maximum atomic E-state index is 12.5. The van der Waals surface area contributed by atoms with Gasteiger partial charge in [0, 0.05) is 5.56 Å². The van der Waals surface area contributed by atoms with Gasteiger partial charge in [-0.25, -0.2) is 14.6 Å². The van der Waals surface area contributed by atoms with Crippen LogP contribution in [-0.4, -0.2) is 29.3 Å². The molecule has 2 aromatic carbocycles. The fraction of sp³-hybridized carbons (Fsp3) is 0.150. The van der Waals surface area contributed by atoms with Crippen LogP contribution in [0.3, 0.4) is 0 Å². The van der Waals surface area contributed by atoms with E-state index in [0.29, 0.717) is 5.69 Å². The van der Waals surface area contributed by atoms with Gasteiger partial charge in [0.25, 0.3) is 0 Å². The second kappa shape index (κ2) is 6.62. The van der Waals surface area contributed by atoms with Gasteiger partial charge < -0.3 is 0 Å². The molecular weight excluding hydrogens is 316 g/mol. The van der Waals surface area contributed by atoms with Gasteiger partial charge in [0.1, 0.15) is 0 Å². The first kappa shape index (κ1) is 16.5. The molecule has 5 heteroatoms. The van der Waals surface area contributed by atoms with Gasteiger partial charge in [-0.2, -0.15) is 0 Å². The number of anilines is 1. The minimum atomic E-state index is -0.854. The molecule has 1 fully saturated rings. The molecular formula is C20H16N2O3. The molecule has 3 rings (SSSR count). The van der Waals surface area contributed by atoms with Gasteiger partial charge in [0.15, 0.2) is 0 Å². The Morgan fingerprint density at radius 1 is 0.920 bits per heavy atom. The van der Waals surface area contributed by atoms with Crippen LogP contribution < -0.4 is 4.90 Å². The van der Waals surface area contributed by atoms with Crippen molar-refractivity contribution in [3.8, 4) is 11.8 Å². The average molecular weight is 332 g/mol.